The van der Waals surface area contributed by atoms with Gasteiger partial charge in [0.05, 0.1) is 11.9 Å². The molecule has 2 rings (SSSR count). The average Bonchev–Trinajstić information content (AvgIpc) is 2.22. The Morgan fingerprint density at radius 3 is 3.20 bits per heavy atom. The summed E-state index contributed by atoms with van der Waals surface area (Å²) in [6, 6.07) is 0.397. The normalized spacial score (nSPS) is 21.7. The number of anilines is 1. The van der Waals surface area contributed by atoms with Crippen LogP contribution < -0.4 is 15.8 Å². The highest BCUT2D eigenvalue weighted by molar-refractivity contribution is 6.32. The van der Waals surface area contributed by atoms with Crippen LogP contribution in [0.1, 0.15) is 6.92 Å². The van der Waals surface area contributed by atoms with E-state index in [1.54, 1.807) is 6.20 Å². The van der Waals surface area contributed by atoms with Crippen molar-refractivity contribution >= 4 is 17.3 Å². The van der Waals surface area contributed by atoms with Crippen LogP contribution in [0.5, 0.6) is 0 Å². The molecular formula is C9H13ClN4O. The van der Waals surface area contributed by atoms with Gasteiger partial charge in [-0.05, 0) is 6.92 Å². The highest BCUT2D eigenvalue weighted by Crippen LogP contribution is 2.21. The number of hydrogen-bond donors (Lipinski definition) is 2. The summed E-state index contributed by atoms with van der Waals surface area (Å²) >= 11 is 5.93. The van der Waals surface area contributed by atoms with Gasteiger partial charge in [0.1, 0.15) is 5.02 Å². The molecule has 0 bridgehead atoms. The molecule has 1 saturated heterocycles. The number of H-pyrrole nitrogens is 1. The minimum atomic E-state index is -0.333. The standard InChI is InChI=1S/C9H13ClN4O/c1-6-5-14(3-2-11-6)7-4-12-13-9(15)8(7)10/h4,6,11H,2-3,5H2,1H3,(H,13,15). The second-order valence-corrected chi connectivity index (χ2v) is 4.08. The second kappa shape index (κ2) is 4.20. The van der Waals surface area contributed by atoms with Crippen LogP contribution >= 0.6 is 11.6 Å². The third-order valence-corrected chi connectivity index (χ3v) is 2.85. The molecule has 2 N–H and O–H groups in total. The van der Waals surface area contributed by atoms with Crippen LogP contribution in [-0.2, 0) is 0 Å². The van der Waals surface area contributed by atoms with Gasteiger partial charge >= 0.3 is 0 Å². The molecule has 0 radical (unpaired) electrons. The number of rotatable bonds is 1. The molecule has 0 aliphatic carbocycles. The van der Waals surface area contributed by atoms with E-state index < -0.39 is 0 Å². The highest BCUT2D eigenvalue weighted by atomic mass is 35.5. The van der Waals surface area contributed by atoms with Gasteiger partial charge in [-0.1, -0.05) is 11.6 Å². The van der Waals surface area contributed by atoms with E-state index in [-0.39, 0.29) is 10.6 Å². The minimum absolute atomic E-state index is 0.221. The molecule has 1 unspecified atom stereocenters. The van der Waals surface area contributed by atoms with Gasteiger partial charge in [-0.15, -0.1) is 0 Å². The fourth-order valence-electron chi connectivity index (χ4n) is 1.75. The van der Waals surface area contributed by atoms with E-state index >= 15 is 0 Å². The molecule has 5 nitrogen and oxygen atoms in total. The van der Waals surface area contributed by atoms with Crippen LogP contribution in [0.25, 0.3) is 0 Å². The van der Waals surface area contributed by atoms with Gasteiger partial charge in [0.2, 0.25) is 0 Å². The maximum atomic E-state index is 11.3. The molecule has 1 fully saturated rings. The van der Waals surface area contributed by atoms with Crippen LogP contribution in [0.4, 0.5) is 5.69 Å². The molecule has 2 heterocycles. The molecule has 1 aromatic heterocycles. The zero-order valence-electron chi connectivity index (χ0n) is 8.46. The summed E-state index contributed by atoms with van der Waals surface area (Å²) in [6.07, 6.45) is 1.60. The van der Waals surface area contributed by atoms with E-state index in [4.69, 9.17) is 11.6 Å². The van der Waals surface area contributed by atoms with E-state index in [1.165, 1.54) is 0 Å². The lowest BCUT2D eigenvalue weighted by molar-refractivity contribution is 0.484. The van der Waals surface area contributed by atoms with E-state index in [1.807, 2.05) is 0 Å². The third kappa shape index (κ3) is 2.13. The lowest BCUT2D eigenvalue weighted by atomic mass is 10.2. The van der Waals surface area contributed by atoms with Crippen LogP contribution in [-0.4, -0.2) is 35.9 Å². The summed E-state index contributed by atoms with van der Waals surface area (Å²) < 4.78 is 0. The van der Waals surface area contributed by atoms with Crippen molar-refractivity contribution in [1.82, 2.24) is 15.5 Å². The van der Waals surface area contributed by atoms with Crippen molar-refractivity contribution in [1.29, 1.82) is 0 Å². The Kier molecular flexibility index (Phi) is 2.93. The largest absolute Gasteiger partial charge is 0.366 e. The Balaban J connectivity index is 2.28. The Labute approximate surface area is 92.4 Å². The lowest BCUT2D eigenvalue weighted by Gasteiger charge is -2.33. The number of nitrogens with one attached hydrogen (secondary N) is 2. The molecule has 6 heteroatoms. The molecule has 0 spiro atoms. The maximum Gasteiger partial charge on any atom is 0.285 e. The average molecular weight is 229 g/mol. The smallest absolute Gasteiger partial charge is 0.285 e. The van der Waals surface area contributed by atoms with Gasteiger partial charge in [-0.3, -0.25) is 4.79 Å². The quantitative estimate of drug-likeness (QED) is 0.722. The van der Waals surface area contributed by atoms with Crippen molar-refractivity contribution in [3.05, 3.63) is 21.6 Å². The number of hydrogen-bond acceptors (Lipinski definition) is 4. The van der Waals surface area contributed by atoms with Crippen molar-refractivity contribution in [2.45, 2.75) is 13.0 Å². The monoisotopic (exact) mass is 228 g/mol. The molecule has 1 aliphatic rings. The highest BCUT2D eigenvalue weighted by Gasteiger charge is 2.19. The number of halogens is 1. The first-order valence-corrected chi connectivity index (χ1v) is 5.28. The SMILES string of the molecule is CC1CN(c2cn[nH]c(=O)c2Cl)CCN1. The molecule has 1 aliphatic heterocycles. The first-order valence-electron chi connectivity index (χ1n) is 4.90. The molecule has 82 valence electrons. The van der Waals surface area contributed by atoms with Crippen molar-refractivity contribution in [3.63, 3.8) is 0 Å². The zero-order valence-corrected chi connectivity index (χ0v) is 9.21. The molecule has 15 heavy (non-hydrogen) atoms. The van der Waals surface area contributed by atoms with Crippen molar-refractivity contribution < 1.29 is 0 Å². The molecule has 1 atom stereocenters. The van der Waals surface area contributed by atoms with Crippen LogP contribution in [0, 0.1) is 0 Å². The number of nitrogens with zero attached hydrogens (tertiary/aromatic N) is 2. The van der Waals surface area contributed by atoms with Crippen LogP contribution in [0.3, 0.4) is 0 Å². The third-order valence-electron chi connectivity index (χ3n) is 2.49. The van der Waals surface area contributed by atoms with Gasteiger partial charge in [0.15, 0.2) is 0 Å². The van der Waals surface area contributed by atoms with Gasteiger partial charge in [0.25, 0.3) is 5.56 Å². The maximum absolute atomic E-state index is 11.3. The second-order valence-electron chi connectivity index (χ2n) is 3.70. The summed E-state index contributed by atoms with van der Waals surface area (Å²) in [7, 11) is 0. The first-order chi connectivity index (χ1) is 7.18. The number of aromatic amines is 1. The van der Waals surface area contributed by atoms with E-state index in [0.29, 0.717) is 11.7 Å². The predicted octanol–water partition coefficient (Wildman–Crippen LogP) is 0.221. The van der Waals surface area contributed by atoms with E-state index in [9.17, 15) is 4.79 Å². The summed E-state index contributed by atoms with van der Waals surface area (Å²) in [4.78, 5) is 13.3. The van der Waals surface area contributed by atoms with E-state index in [2.05, 4.69) is 27.3 Å². The van der Waals surface area contributed by atoms with Crippen molar-refractivity contribution in [2.75, 3.05) is 24.5 Å². The molecule has 0 aromatic carbocycles. The Morgan fingerprint density at radius 2 is 2.47 bits per heavy atom. The first kappa shape index (κ1) is 10.4. The van der Waals surface area contributed by atoms with Crippen LogP contribution in [0.2, 0.25) is 5.02 Å². The Bertz CT molecular complexity index is 405. The van der Waals surface area contributed by atoms with Gasteiger partial charge < -0.3 is 10.2 Å². The van der Waals surface area contributed by atoms with Crippen LogP contribution in [0.15, 0.2) is 11.0 Å². The van der Waals surface area contributed by atoms with Gasteiger partial charge in [-0.25, -0.2) is 5.10 Å². The summed E-state index contributed by atoms with van der Waals surface area (Å²) in [5.41, 5.74) is 0.383. The molecular weight excluding hydrogens is 216 g/mol. The fraction of sp³-hybridized carbons (Fsp3) is 0.556. The lowest BCUT2D eigenvalue weighted by Crippen LogP contribution is -2.49. The summed E-state index contributed by atoms with van der Waals surface area (Å²) in [5, 5.41) is 9.62. The van der Waals surface area contributed by atoms with Crippen molar-refractivity contribution in [3.8, 4) is 0 Å². The predicted molar refractivity (Wildman–Crippen MR) is 59.5 cm³/mol. The summed E-state index contributed by atoms with van der Waals surface area (Å²) in [6.45, 7) is 4.67. The Hall–Kier alpha value is -1.07. The fourth-order valence-corrected chi connectivity index (χ4v) is 1.96. The topological polar surface area (TPSA) is 61.0 Å². The zero-order chi connectivity index (χ0) is 10.8. The minimum Gasteiger partial charge on any atom is -0.366 e. The molecule has 0 saturated carbocycles. The van der Waals surface area contributed by atoms with Gasteiger partial charge in [-0.2, -0.15) is 5.10 Å². The van der Waals surface area contributed by atoms with E-state index in [0.717, 1.165) is 19.6 Å². The molecule has 0 amide bonds. The Morgan fingerprint density at radius 1 is 1.67 bits per heavy atom. The number of piperazine rings is 1. The van der Waals surface area contributed by atoms with Gasteiger partial charge in [0, 0.05) is 25.7 Å². The summed E-state index contributed by atoms with van der Waals surface area (Å²) in [5.74, 6) is 0. The number of aromatic nitrogens is 2. The molecule has 1 aromatic rings. The van der Waals surface area contributed by atoms with Crippen molar-refractivity contribution in [2.24, 2.45) is 0 Å².